The van der Waals surface area contributed by atoms with E-state index < -0.39 is 0 Å². The first kappa shape index (κ1) is 13.4. The number of aromatic nitrogens is 1. The first-order valence-corrected chi connectivity index (χ1v) is 6.91. The summed E-state index contributed by atoms with van der Waals surface area (Å²) < 4.78 is 10.2. The highest BCUT2D eigenvalue weighted by Gasteiger charge is 2.14. The molecule has 1 aliphatic rings. The van der Waals surface area contributed by atoms with Crippen LogP contribution in [0, 0.1) is 0 Å². The van der Waals surface area contributed by atoms with E-state index in [1.807, 2.05) is 18.2 Å². The Hall–Kier alpha value is -1.56. The van der Waals surface area contributed by atoms with E-state index in [9.17, 15) is 0 Å². The smallest absolute Gasteiger partial charge is 0.229 e. The third-order valence-corrected chi connectivity index (χ3v) is 3.81. The predicted molar refractivity (Wildman–Crippen MR) is 77.5 cm³/mol. The van der Waals surface area contributed by atoms with E-state index in [1.165, 1.54) is 0 Å². The number of nitrogens with zero attached hydrogens (tertiary/aromatic N) is 2. The molecule has 0 radical (unpaired) electrons. The number of ether oxygens (including phenoxy) is 1. The molecule has 20 heavy (non-hydrogen) atoms. The molecule has 0 aliphatic carbocycles. The van der Waals surface area contributed by atoms with Crippen molar-refractivity contribution in [3.8, 4) is 11.1 Å². The lowest BCUT2D eigenvalue weighted by Gasteiger charge is -2.27. The number of hydrogen-bond donors (Lipinski definition) is 1. The summed E-state index contributed by atoms with van der Waals surface area (Å²) in [6.07, 6.45) is 1.60. The van der Waals surface area contributed by atoms with Crippen LogP contribution in [0.15, 0.2) is 28.9 Å². The lowest BCUT2D eigenvalue weighted by atomic mass is 10.1. The lowest BCUT2D eigenvalue weighted by molar-refractivity contribution is 0.0342. The molecule has 1 fully saturated rings. The van der Waals surface area contributed by atoms with Gasteiger partial charge in [0, 0.05) is 24.7 Å². The van der Waals surface area contributed by atoms with Gasteiger partial charge in [0.05, 0.1) is 25.0 Å². The average Bonchev–Trinajstić information content (AvgIpc) is 2.88. The zero-order chi connectivity index (χ0) is 13.9. The lowest BCUT2D eigenvalue weighted by Crippen LogP contribution is -2.35. The van der Waals surface area contributed by atoms with Gasteiger partial charge in [-0.25, -0.2) is 0 Å². The summed E-state index contributed by atoms with van der Waals surface area (Å²) in [7, 11) is 0. The van der Waals surface area contributed by atoms with Gasteiger partial charge in [0.25, 0.3) is 0 Å². The molecule has 0 unspecified atom stereocenters. The summed E-state index contributed by atoms with van der Waals surface area (Å²) in [5, 5.41) is 4.41. The number of anilines is 1. The van der Waals surface area contributed by atoms with Gasteiger partial charge in [0.1, 0.15) is 0 Å². The van der Waals surface area contributed by atoms with Gasteiger partial charge in [0.15, 0.2) is 0 Å². The molecule has 1 aliphatic heterocycles. The second-order valence-corrected chi connectivity index (χ2v) is 5.21. The summed E-state index contributed by atoms with van der Waals surface area (Å²) in [5.41, 5.74) is 8.50. The number of benzene rings is 1. The molecule has 2 N–H and O–H groups in total. The minimum atomic E-state index is 0.307. The number of morpholine rings is 1. The van der Waals surface area contributed by atoms with E-state index in [0.717, 1.165) is 54.6 Å². The van der Waals surface area contributed by atoms with Crippen molar-refractivity contribution in [1.29, 1.82) is 0 Å². The van der Waals surface area contributed by atoms with Crippen molar-refractivity contribution in [2.75, 3.05) is 32.0 Å². The number of nitrogens with two attached hydrogens (primary N) is 1. The third-order valence-electron chi connectivity index (χ3n) is 3.46. The van der Waals surface area contributed by atoms with E-state index >= 15 is 0 Å². The molecule has 2 aromatic rings. The Balaban J connectivity index is 1.79. The van der Waals surface area contributed by atoms with Crippen molar-refractivity contribution in [3.63, 3.8) is 0 Å². The predicted octanol–water partition coefficient (Wildman–Crippen LogP) is 2.41. The zero-order valence-electron chi connectivity index (χ0n) is 11.0. The molecule has 0 bridgehead atoms. The molecule has 0 saturated carbocycles. The van der Waals surface area contributed by atoms with Crippen molar-refractivity contribution in [1.82, 2.24) is 10.1 Å². The molecular formula is C14H16ClN3O2. The largest absolute Gasteiger partial charge is 0.379 e. The summed E-state index contributed by atoms with van der Waals surface area (Å²) in [4.78, 5) is 2.33. The molecule has 1 aromatic carbocycles. The Morgan fingerprint density at radius 3 is 2.75 bits per heavy atom. The fraction of sp³-hybridized carbons (Fsp3) is 0.357. The summed E-state index contributed by atoms with van der Waals surface area (Å²) in [6.45, 7) is 4.29. The maximum absolute atomic E-state index is 6.37. The van der Waals surface area contributed by atoms with Gasteiger partial charge in [-0.05, 0) is 17.2 Å². The van der Waals surface area contributed by atoms with Crippen LogP contribution in [-0.4, -0.2) is 36.4 Å². The summed E-state index contributed by atoms with van der Waals surface area (Å²) >= 11 is 6.37. The van der Waals surface area contributed by atoms with Gasteiger partial charge in [0.2, 0.25) is 5.88 Å². The van der Waals surface area contributed by atoms with Crippen LogP contribution >= 0.6 is 11.6 Å². The van der Waals surface area contributed by atoms with Crippen molar-refractivity contribution >= 4 is 17.5 Å². The number of hydrogen-bond acceptors (Lipinski definition) is 5. The maximum Gasteiger partial charge on any atom is 0.229 e. The average molecular weight is 294 g/mol. The second-order valence-electron chi connectivity index (χ2n) is 4.80. The second kappa shape index (κ2) is 5.83. The highest BCUT2D eigenvalue weighted by molar-refractivity contribution is 6.31. The molecule has 3 rings (SSSR count). The SMILES string of the molecule is Nc1oncc1-c1ccc(CN2CCOCC2)c(Cl)c1. The van der Waals surface area contributed by atoms with Gasteiger partial charge in [-0.2, -0.15) is 0 Å². The number of nitrogen functional groups attached to an aromatic ring is 1. The third kappa shape index (κ3) is 2.80. The first-order valence-electron chi connectivity index (χ1n) is 6.53. The van der Waals surface area contributed by atoms with Crippen LogP contribution < -0.4 is 5.73 Å². The molecule has 2 heterocycles. The Labute approximate surface area is 122 Å². The van der Waals surface area contributed by atoms with E-state index in [0.29, 0.717) is 5.88 Å². The normalized spacial score (nSPS) is 16.4. The molecule has 0 amide bonds. The maximum atomic E-state index is 6.37. The summed E-state index contributed by atoms with van der Waals surface area (Å²) in [5.74, 6) is 0.307. The Kier molecular flexibility index (Phi) is 3.91. The topological polar surface area (TPSA) is 64.5 Å². The molecule has 5 nitrogen and oxygen atoms in total. The zero-order valence-corrected chi connectivity index (χ0v) is 11.8. The fourth-order valence-corrected chi connectivity index (χ4v) is 2.55. The molecule has 0 atom stereocenters. The van der Waals surface area contributed by atoms with Crippen molar-refractivity contribution in [2.24, 2.45) is 0 Å². The van der Waals surface area contributed by atoms with Crippen LogP contribution in [0.4, 0.5) is 5.88 Å². The van der Waals surface area contributed by atoms with Gasteiger partial charge in [-0.15, -0.1) is 0 Å². The van der Waals surface area contributed by atoms with Crippen LogP contribution in [0.2, 0.25) is 5.02 Å². The Morgan fingerprint density at radius 1 is 1.30 bits per heavy atom. The quantitative estimate of drug-likeness (QED) is 0.941. The van der Waals surface area contributed by atoms with Crippen LogP contribution in [-0.2, 0) is 11.3 Å². The number of rotatable bonds is 3. The monoisotopic (exact) mass is 293 g/mol. The van der Waals surface area contributed by atoms with Crippen LogP contribution in [0.1, 0.15) is 5.56 Å². The van der Waals surface area contributed by atoms with E-state index in [2.05, 4.69) is 10.1 Å². The van der Waals surface area contributed by atoms with Gasteiger partial charge < -0.3 is 15.0 Å². The van der Waals surface area contributed by atoms with Crippen molar-refractivity contribution < 1.29 is 9.26 Å². The van der Waals surface area contributed by atoms with Gasteiger partial charge >= 0.3 is 0 Å². The molecule has 6 heteroatoms. The van der Waals surface area contributed by atoms with Crippen LogP contribution in [0.5, 0.6) is 0 Å². The minimum absolute atomic E-state index is 0.307. The first-order chi connectivity index (χ1) is 9.74. The molecular weight excluding hydrogens is 278 g/mol. The molecule has 1 saturated heterocycles. The summed E-state index contributed by atoms with van der Waals surface area (Å²) in [6, 6.07) is 5.92. The fourth-order valence-electron chi connectivity index (χ4n) is 2.31. The number of halogens is 1. The van der Waals surface area contributed by atoms with Crippen LogP contribution in [0.25, 0.3) is 11.1 Å². The minimum Gasteiger partial charge on any atom is -0.379 e. The molecule has 1 aromatic heterocycles. The van der Waals surface area contributed by atoms with E-state index in [1.54, 1.807) is 6.20 Å². The van der Waals surface area contributed by atoms with Crippen LogP contribution in [0.3, 0.4) is 0 Å². The van der Waals surface area contributed by atoms with E-state index in [-0.39, 0.29) is 0 Å². The standard InChI is InChI=1S/C14H16ClN3O2/c15-13-7-10(12-8-17-20-14(12)16)1-2-11(13)9-18-3-5-19-6-4-18/h1-2,7-8H,3-6,9,16H2. The Morgan fingerprint density at radius 2 is 2.10 bits per heavy atom. The molecule has 0 spiro atoms. The molecule has 106 valence electrons. The van der Waals surface area contributed by atoms with Gasteiger partial charge in [-0.3, -0.25) is 4.90 Å². The van der Waals surface area contributed by atoms with Crippen molar-refractivity contribution in [2.45, 2.75) is 6.54 Å². The highest BCUT2D eigenvalue weighted by atomic mass is 35.5. The highest BCUT2D eigenvalue weighted by Crippen LogP contribution is 2.29. The van der Waals surface area contributed by atoms with Crippen molar-refractivity contribution in [3.05, 3.63) is 35.0 Å². The Bertz CT molecular complexity index is 594. The van der Waals surface area contributed by atoms with E-state index in [4.69, 9.17) is 26.6 Å². The van der Waals surface area contributed by atoms with Gasteiger partial charge in [-0.1, -0.05) is 28.9 Å².